The van der Waals surface area contributed by atoms with Crippen molar-refractivity contribution in [2.24, 2.45) is 5.92 Å². The molecule has 1 aromatic carbocycles. The average Bonchev–Trinajstić information content (AvgIpc) is 2.72. The van der Waals surface area contributed by atoms with E-state index in [-0.39, 0.29) is 16.9 Å². The monoisotopic (exact) mass is 286 g/mol. The molecule has 4 nitrogen and oxygen atoms in total. The van der Waals surface area contributed by atoms with Gasteiger partial charge in [0.1, 0.15) is 10.7 Å². The summed E-state index contributed by atoms with van der Waals surface area (Å²) in [5.41, 5.74) is 0. The molecule has 0 bridgehead atoms. The summed E-state index contributed by atoms with van der Waals surface area (Å²) in [5.74, 6) is -0.458. The zero-order valence-corrected chi connectivity index (χ0v) is 12.2. The molecule has 1 saturated heterocycles. The van der Waals surface area contributed by atoms with E-state index in [0.29, 0.717) is 13.1 Å². The highest BCUT2D eigenvalue weighted by Gasteiger charge is 2.38. The molecule has 0 spiro atoms. The van der Waals surface area contributed by atoms with E-state index in [0.717, 1.165) is 0 Å². The van der Waals surface area contributed by atoms with E-state index in [1.165, 1.54) is 22.5 Å². The van der Waals surface area contributed by atoms with Crippen molar-refractivity contribution in [2.45, 2.75) is 17.9 Å². The lowest BCUT2D eigenvalue weighted by Gasteiger charge is -2.22. The molecule has 1 aromatic rings. The number of likely N-dealkylation sites (N-methyl/N-ethyl adjacent to an activating group) is 1. The second-order valence-corrected chi connectivity index (χ2v) is 7.17. The Morgan fingerprint density at radius 2 is 1.89 bits per heavy atom. The van der Waals surface area contributed by atoms with Crippen LogP contribution in [0.1, 0.15) is 6.92 Å². The van der Waals surface area contributed by atoms with Crippen LogP contribution >= 0.6 is 0 Å². The summed E-state index contributed by atoms with van der Waals surface area (Å²) < 4.78 is 39.9. The first-order valence-electron chi connectivity index (χ1n) is 6.25. The standard InChI is InChI=1S/C13H19FN2O2S/c1-10-8-16(9-12(10)15(2)3)19(17,18)13-7-5-4-6-11(13)14/h4-7,10,12H,8-9H2,1-3H3. The van der Waals surface area contributed by atoms with Crippen LogP contribution in [-0.2, 0) is 10.0 Å². The van der Waals surface area contributed by atoms with Gasteiger partial charge < -0.3 is 4.90 Å². The van der Waals surface area contributed by atoms with Gasteiger partial charge in [0.25, 0.3) is 0 Å². The van der Waals surface area contributed by atoms with E-state index in [2.05, 4.69) is 0 Å². The van der Waals surface area contributed by atoms with Crippen LogP contribution in [0.15, 0.2) is 29.2 Å². The van der Waals surface area contributed by atoms with Crippen LogP contribution in [0.5, 0.6) is 0 Å². The molecule has 1 aliphatic heterocycles. The molecule has 19 heavy (non-hydrogen) atoms. The predicted molar refractivity (Wildman–Crippen MR) is 71.8 cm³/mol. The predicted octanol–water partition coefficient (Wildman–Crippen LogP) is 1.40. The largest absolute Gasteiger partial charge is 0.305 e. The van der Waals surface area contributed by atoms with Gasteiger partial charge in [0, 0.05) is 19.1 Å². The first kappa shape index (κ1) is 14.4. The van der Waals surface area contributed by atoms with Gasteiger partial charge in [-0.15, -0.1) is 0 Å². The SMILES string of the molecule is CC1CN(S(=O)(=O)c2ccccc2F)CC1N(C)C. The third-order valence-corrected chi connectivity index (χ3v) is 5.52. The van der Waals surface area contributed by atoms with Gasteiger partial charge in [-0.3, -0.25) is 0 Å². The second-order valence-electron chi connectivity index (χ2n) is 5.26. The van der Waals surface area contributed by atoms with Crippen LogP contribution in [0.4, 0.5) is 4.39 Å². The minimum Gasteiger partial charge on any atom is -0.305 e. The van der Waals surface area contributed by atoms with Gasteiger partial charge in [-0.25, -0.2) is 12.8 Å². The maximum absolute atomic E-state index is 13.7. The van der Waals surface area contributed by atoms with Crippen molar-refractivity contribution in [3.05, 3.63) is 30.1 Å². The highest BCUT2D eigenvalue weighted by atomic mass is 32.2. The maximum atomic E-state index is 13.7. The lowest BCUT2D eigenvalue weighted by Crippen LogP contribution is -2.36. The molecular formula is C13H19FN2O2S. The van der Waals surface area contributed by atoms with Gasteiger partial charge in [0.15, 0.2) is 0 Å². The van der Waals surface area contributed by atoms with Crippen LogP contribution in [0, 0.1) is 11.7 Å². The van der Waals surface area contributed by atoms with Crippen LogP contribution in [-0.4, -0.2) is 50.8 Å². The Kier molecular flexibility index (Phi) is 3.94. The molecule has 106 valence electrons. The first-order valence-corrected chi connectivity index (χ1v) is 7.69. The van der Waals surface area contributed by atoms with E-state index in [4.69, 9.17) is 0 Å². The Bertz CT molecular complexity index is 560. The third kappa shape index (κ3) is 2.66. The third-order valence-electron chi connectivity index (χ3n) is 3.66. The summed E-state index contributed by atoms with van der Waals surface area (Å²) in [7, 11) is 0.125. The number of sulfonamides is 1. The molecule has 1 aliphatic rings. The summed E-state index contributed by atoms with van der Waals surface area (Å²) in [5, 5.41) is 0. The van der Waals surface area contributed by atoms with E-state index in [1.807, 2.05) is 25.9 Å². The van der Waals surface area contributed by atoms with Crippen molar-refractivity contribution < 1.29 is 12.8 Å². The number of hydrogen-bond donors (Lipinski definition) is 0. The lowest BCUT2D eigenvalue weighted by molar-refractivity contribution is 0.263. The highest BCUT2D eigenvalue weighted by molar-refractivity contribution is 7.89. The van der Waals surface area contributed by atoms with Crippen molar-refractivity contribution in [2.75, 3.05) is 27.2 Å². The van der Waals surface area contributed by atoms with Gasteiger partial charge in [-0.05, 0) is 32.1 Å². The molecule has 1 heterocycles. The molecular weight excluding hydrogens is 267 g/mol. The fourth-order valence-electron chi connectivity index (χ4n) is 2.57. The number of benzene rings is 1. The number of halogens is 1. The van der Waals surface area contributed by atoms with E-state index in [1.54, 1.807) is 6.07 Å². The van der Waals surface area contributed by atoms with Crippen molar-refractivity contribution in [3.63, 3.8) is 0 Å². The molecule has 2 unspecified atom stereocenters. The van der Waals surface area contributed by atoms with Gasteiger partial charge in [-0.2, -0.15) is 4.31 Å². The smallest absolute Gasteiger partial charge is 0.246 e. The molecule has 0 N–H and O–H groups in total. The molecule has 0 aromatic heterocycles. The van der Waals surface area contributed by atoms with E-state index >= 15 is 0 Å². The van der Waals surface area contributed by atoms with E-state index in [9.17, 15) is 12.8 Å². The van der Waals surface area contributed by atoms with Gasteiger partial charge in [0.05, 0.1) is 0 Å². The van der Waals surface area contributed by atoms with Gasteiger partial charge >= 0.3 is 0 Å². The quantitative estimate of drug-likeness (QED) is 0.843. The highest BCUT2D eigenvalue weighted by Crippen LogP contribution is 2.27. The Morgan fingerprint density at radius 3 is 2.42 bits per heavy atom. The Balaban J connectivity index is 2.30. The summed E-state index contributed by atoms with van der Waals surface area (Å²) >= 11 is 0. The van der Waals surface area contributed by atoms with Crippen LogP contribution < -0.4 is 0 Å². The zero-order chi connectivity index (χ0) is 14.2. The zero-order valence-electron chi connectivity index (χ0n) is 11.4. The Hall–Kier alpha value is -0.980. The molecule has 6 heteroatoms. The number of nitrogens with zero attached hydrogens (tertiary/aromatic N) is 2. The number of rotatable bonds is 3. The molecule has 1 fully saturated rings. The van der Waals surface area contributed by atoms with Crippen LogP contribution in [0.3, 0.4) is 0 Å². The first-order chi connectivity index (χ1) is 8.84. The maximum Gasteiger partial charge on any atom is 0.246 e. The van der Waals surface area contributed by atoms with Crippen LogP contribution in [0.2, 0.25) is 0 Å². The second kappa shape index (κ2) is 5.19. The van der Waals surface area contributed by atoms with Gasteiger partial charge in [0.2, 0.25) is 10.0 Å². The molecule has 0 amide bonds. The minimum absolute atomic E-state index is 0.168. The summed E-state index contributed by atoms with van der Waals surface area (Å²) in [6.45, 7) is 2.85. The van der Waals surface area contributed by atoms with Crippen molar-refractivity contribution in [1.29, 1.82) is 0 Å². The molecule has 0 aliphatic carbocycles. The molecule has 0 radical (unpaired) electrons. The lowest BCUT2D eigenvalue weighted by atomic mass is 10.1. The van der Waals surface area contributed by atoms with Gasteiger partial charge in [-0.1, -0.05) is 19.1 Å². The molecule has 0 saturated carbocycles. The van der Waals surface area contributed by atoms with E-state index < -0.39 is 15.8 Å². The van der Waals surface area contributed by atoms with Crippen molar-refractivity contribution in [3.8, 4) is 0 Å². The average molecular weight is 286 g/mol. The molecule has 2 rings (SSSR count). The molecule has 2 atom stereocenters. The topological polar surface area (TPSA) is 40.6 Å². The van der Waals surface area contributed by atoms with Crippen LogP contribution in [0.25, 0.3) is 0 Å². The van der Waals surface area contributed by atoms with Crippen molar-refractivity contribution in [1.82, 2.24) is 9.21 Å². The van der Waals surface area contributed by atoms with Crippen molar-refractivity contribution >= 4 is 10.0 Å². The normalized spacial score (nSPS) is 25.1. The summed E-state index contributed by atoms with van der Waals surface area (Å²) in [6.07, 6.45) is 0. The number of hydrogen-bond acceptors (Lipinski definition) is 3. The fourth-order valence-corrected chi connectivity index (χ4v) is 4.19. The Morgan fingerprint density at radius 1 is 1.26 bits per heavy atom. The minimum atomic E-state index is -3.74. The summed E-state index contributed by atoms with van der Waals surface area (Å²) in [4.78, 5) is 1.78. The Labute approximate surface area is 113 Å². The summed E-state index contributed by atoms with van der Waals surface area (Å²) in [6, 6.07) is 5.69. The fraction of sp³-hybridized carbons (Fsp3) is 0.538.